The highest BCUT2D eigenvalue weighted by atomic mass is 79.9. The van der Waals surface area contributed by atoms with Gasteiger partial charge in [0.15, 0.2) is 11.4 Å². The van der Waals surface area contributed by atoms with E-state index in [0.717, 1.165) is 25.1 Å². The third-order valence-electron chi connectivity index (χ3n) is 3.04. The fourth-order valence-electron chi connectivity index (χ4n) is 2.17. The van der Waals surface area contributed by atoms with E-state index in [1.807, 2.05) is 6.92 Å². The van der Waals surface area contributed by atoms with E-state index in [4.69, 9.17) is 16.0 Å². The number of hydrogen-bond acceptors (Lipinski definition) is 2. The lowest BCUT2D eigenvalue weighted by Gasteiger charge is -2.13. The molecule has 104 valence electrons. The molecule has 0 bridgehead atoms. The van der Waals surface area contributed by atoms with Gasteiger partial charge in [-0.05, 0) is 41.0 Å². The predicted molar refractivity (Wildman–Crippen MR) is 80.2 cm³/mol. The highest BCUT2D eigenvalue weighted by Crippen LogP contribution is 2.36. The van der Waals surface area contributed by atoms with Gasteiger partial charge in [-0.2, -0.15) is 0 Å². The summed E-state index contributed by atoms with van der Waals surface area (Å²) in [5.74, 6) is 0.321. The highest BCUT2D eigenvalue weighted by Gasteiger charge is 2.19. The number of fused-ring (bicyclic) bond motifs is 1. The Hall–Kier alpha value is -0.580. The summed E-state index contributed by atoms with van der Waals surface area (Å²) < 4.78 is 20.5. The number of hydrogen-bond donors (Lipinski definition) is 1. The molecule has 0 radical (unpaired) electrons. The molecular weight excluding hydrogens is 333 g/mol. The summed E-state index contributed by atoms with van der Waals surface area (Å²) in [4.78, 5) is 0. The average Bonchev–Trinajstić information content (AvgIpc) is 2.81. The zero-order chi connectivity index (χ0) is 14.0. The summed E-state index contributed by atoms with van der Waals surface area (Å²) in [5, 5.41) is 3.87. The molecule has 2 rings (SSSR count). The van der Waals surface area contributed by atoms with Gasteiger partial charge in [-0.3, -0.25) is 0 Å². The van der Waals surface area contributed by atoms with Crippen molar-refractivity contribution in [2.24, 2.45) is 0 Å². The average molecular weight is 349 g/mol. The lowest BCUT2D eigenvalue weighted by molar-refractivity contribution is 0.414. The van der Waals surface area contributed by atoms with Crippen LogP contribution >= 0.6 is 27.5 Å². The number of furan rings is 1. The van der Waals surface area contributed by atoms with E-state index >= 15 is 0 Å². The molecule has 0 spiro atoms. The van der Waals surface area contributed by atoms with E-state index in [1.54, 1.807) is 6.07 Å². The van der Waals surface area contributed by atoms with Gasteiger partial charge < -0.3 is 9.73 Å². The highest BCUT2D eigenvalue weighted by molar-refractivity contribution is 9.10. The van der Waals surface area contributed by atoms with E-state index in [9.17, 15) is 4.39 Å². The maximum absolute atomic E-state index is 14.0. The predicted octanol–water partition coefficient (Wildman–Crippen LogP) is 5.44. The van der Waals surface area contributed by atoms with Crippen LogP contribution in [-0.4, -0.2) is 6.54 Å². The van der Waals surface area contributed by atoms with Gasteiger partial charge in [0.05, 0.1) is 20.9 Å². The van der Waals surface area contributed by atoms with E-state index in [1.165, 1.54) is 6.07 Å². The van der Waals surface area contributed by atoms with Crippen molar-refractivity contribution in [2.75, 3.05) is 6.54 Å². The van der Waals surface area contributed by atoms with Crippen LogP contribution < -0.4 is 5.32 Å². The minimum atomic E-state index is -0.429. The Morgan fingerprint density at radius 2 is 2.16 bits per heavy atom. The van der Waals surface area contributed by atoms with Crippen molar-refractivity contribution in [1.82, 2.24) is 5.32 Å². The van der Waals surface area contributed by atoms with Crippen molar-refractivity contribution < 1.29 is 8.81 Å². The maximum Gasteiger partial charge on any atom is 0.152 e. The van der Waals surface area contributed by atoms with Gasteiger partial charge in [0.25, 0.3) is 0 Å². The molecule has 1 atom stereocenters. The smallest absolute Gasteiger partial charge is 0.152 e. The van der Waals surface area contributed by atoms with Gasteiger partial charge in [-0.25, -0.2) is 4.39 Å². The van der Waals surface area contributed by atoms with Crippen molar-refractivity contribution >= 4 is 38.5 Å². The Morgan fingerprint density at radius 3 is 2.79 bits per heavy atom. The first-order valence-corrected chi connectivity index (χ1v) is 7.55. The number of benzene rings is 1. The molecular formula is C14H16BrClFNO. The first-order chi connectivity index (χ1) is 9.08. The van der Waals surface area contributed by atoms with Crippen molar-refractivity contribution in [1.29, 1.82) is 0 Å². The van der Waals surface area contributed by atoms with Crippen LogP contribution in [0.2, 0.25) is 5.02 Å². The standard InChI is InChI=1S/C14H16BrClFNO/c1-3-5-11(18-4-2)12-6-8-13(17)10(16)7-9(15)14(8)19-12/h6-7,11,18H,3-5H2,1-2H3. The van der Waals surface area contributed by atoms with Gasteiger partial charge >= 0.3 is 0 Å². The molecule has 0 aliphatic carbocycles. The quantitative estimate of drug-likeness (QED) is 0.728. The molecule has 19 heavy (non-hydrogen) atoms. The van der Waals surface area contributed by atoms with Crippen LogP contribution in [0.25, 0.3) is 11.0 Å². The molecule has 2 aromatic rings. The topological polar surface area (TPSA) is 25.2 Å². The second-order valence-electron chi connectivity index (χ2n) is 4.44. The Kier molecular flexibility index (Phi) is 4.87. The maximum atomic E-state index is 14.0. The van der Waals surface area contributed by atoms with E-state index < -0.39 is 5.82 Å². The molecule has 0 amide bonds. The third kappa shape index (κ3) is 2.96. The summed E-state index contributed by atoms with van der Waals surface area (Å²) in [5.41, 5.74) is 0.510. The molecule has 0 aliphatic heterocycles. The minimum absolute atomic E-state index is 0.0993. The summed E-state index contributed by atoms with van der Waals surface area (Å²) in [6, 6.07) is 3.37. The Bertz CT molecular complexity index is 578. The number of halogens is 3. The number of rotatable bonds is 5. The van der Waals surface area contributed by atoms with Crippen LogP contribution in [0.4, 0.5) is 4.39 Å². The van der Waals surface area contributed by atoms with Gasteiger partial charge in [0.2, 0.25) is 0 Å². The molecule has 1 aromatic carbocycles. The fraction of sp³-hybridized carbons (Fsp3) is 0.429. The monoisotopic (exact) mass is 347 g/mol. The summed E-state index contributed by atoms with van der Waals surface area (Å²) in [6.07, 6.45) is 1.97. The summed E-state index contributed by atoms with van der Waals surface area (Å²) in [6.45, 7) is 4.99. The third-order valence-corrected chi connectivity index (χ3v) is 3.90. The Balaban J connectivity index is 2.50. The second-order valence-corrected chi connectivity index (χ2v) is 5.71. The van der Waals surface area contributed by atoms with E-state index in [-0.39, 0.29) is 11.1 Å². The summed E-state index contributed by atoms with van der Waals surface area (Å²) >= 11 is 9.20. The molecule has 1 N–H and O–H groups in total. The minimum Gasteiger partial charge on any atom is -0.458 e. The van der Waals surface area contributed by atoms with Crippen molar-refractivity contribution in [2.45, 2.75) is 32.7 Å². The molecule has 1 heterocycles. The van der Waals surface area contributed by atoms with E-state index in [0.29, 0.717) is 15.4 Å². The van der Waals surface area contributed by atoms with Gasteiger partial charge in [-0.1, -0.05) is 31.9 Å². The Labute approximate surface area is 125 Å². The molecule has 0 aliphatic rings. The van der Waals surface area contributed by atoms with Crippen LogP contribution in [-0.2, 0) is 0 Å². The molecule has 0 saturated carbocycles. The zero-order valence-electron chi connectivity index (χ0n) is 10.9. The van der Waals surface area contributed by atoms with Crippen LogP contribution in [0.5, 0.6) is 0 Å². The van der Waals surface area contributed by atoms with Crippen molar-refractivity contribution in [3.05, 3.63) is 33.2 Å². The van der Waals surface area contributed by atoms with Crippen LogP contribution in [0.3, 0.4) is 0 Å². The Morgan fingerprint density at radius 1 is 1.42 bits per heavy atom. The largest absolute Gasteiger partial charge is 0.458 e. The lowest BCUT2D eigenvalue weighted by atomic mass is 10.1. The first-order valence-electron chi connectivity index (χ1n) is 6.38. The fourth-order valence-corrected chi connectivity index (χ4v) is 3.04. The molecule has 1 aromatic heterocycles. The SMILES string of the molecule is CCCC(NCC)c1cc2c(F)c(Cl)cc(Br)c2o1. The van der Waals surface area contributed by atoms with Crippen molar-refractivity contribution in [3.63, 3.8) is 0 Å². The van der Waals surface area contributed by atoms with Gasteiger partial charge in [0, 0.05) is 0 Å². The normalized spacial score (nSPS) is 13.1. The molecule has 5 heteroatoms. The molecule has 1 unspecified atom stereocenters. The number of nitrogens with one attached hydrogen (secondary N) is 1. The second kappa shape index (κ2) is 6.25. The van der Waals surface area contributed by atoms with Gasteiger partial charge in [-0.15, -0.1) is 0 Å². The summed E-state index contributed by atoms with van der Waals surface area (Å²) in [7, 11) is 0. The lowest BCUT2D eigenvalue weighted by Crippen LogP contribution is -2.20. The molecule has 0 saturated heterocycles. The van der Waals surface area contributed by atoms with E-state index in [2.05, 4.69) is 28.2 Å². The van der Waals surface area contributed by atoms with Crippen molar-refractivity contribution in [3.8, 4) is 0 Å². The first kappa shape index (κ1) is 14.8. The zero-order valence-corrected chi connectivity index (χ0v) is 13.2. The molecule has 0 fully saturated rings. The van der Waals surface area contributed by atoms with Crippen LogP contribution in [0.1, 0.15) is 38.5 Å². The van der Waals surface area contributed by atoms with Crippen LogP contribution in [0, 0.1) is 5.82 Å². The van der Waals surface area contributed by atoms with Crippen LogP contribution in [0.15, 0.2) is 21.0 Å². The molecule has 2 nitrogen and oxygen atoms in total. The van der Waals surface area contributed by atoms with Gasteiger partial charge in [0.1, 0.15) is 5.76 Å².